The summed E-state index contributed by atoms with van der Waals surface area (Å²) in [6.45, 7) is 5.01. The van der Waals surface area contributed by atoms with Crippen LogP contribution in [0.25, 0.3) is 0 Å². The van der Waals surface area contributed by atoms with Gasteiger partial charge in [0.15, 0.2) is 11.5 Å². The van der Waals surface area contributed by atoms with Crippen LogP contribution in [0.15, 0.2) is 12.1 Å². The molecule has 0 N–H and O–H groups in total. The first kappa shape index (κ1) is 18.0. The molecule has 0 aromatic heterocycles. The highest BCUT2D eigenvalue weighted by Gasteiger charge is 2.26. The number of benzene rings is 1. The van der Waals surface area contributed by atoms with Gasteiger partial charge >= 0.3 is 0 Å². The number of ether oxygens (including phenoxy) is 4. The van der Waals surface area contributed by atoms with E-state index in [0.717, 1.165) is 23.9 Å². The zero-order valence-electron chi connectivity index (χ0n) is 13.5. The molecule has 1 aromatic rings. The van der Waals surface area contributed by atoms with E-state index in [-0.39, 0.29) is 5.41 Å². The molecule has 21 heavy (non-hydrogen) atoms. The van der Waals surface area contributed by atoms with Gasteiger partial charge < -0.3 is 18.9 Å². The number of alkyl halides is 1. The van der Waals surface area contributed by atoms with Crippen LogP contribution in [0.4, 0.5) is 0 Å². The normalized spacial score (nSPS) is 11.1. The molecule has 1 rings (SSSR count). The molecule has 0 aliphatic rings. The summed E-state index contributed by atoms with van der Waals surface area (Å²) in [4.78, 5) is 0. The van der Waals surface area contributed by atoms with Crippen molar-refractivity contribution in [2.45, 2.75) is 26.7 Å². The summed E-state index contributed by atoms with van der Waals surface area (Å²) >= 11 is 3.60. The van der Waals surface area contributed by atoms with Gasteiger partial charge in [-0.1, -0.05) is 29.8 Å². The molecule has 0 saturated heterocycles. The Morgan fingerprint density at radius 3 is 1.81 bits per heavy atom. The number of hydrogen-bond acceptors (Lipinski definition) is 4. The van der Waals surface area contributed by atoms with Crippen molar-refractivity contribution in [2.75, 3.05) is 33.3 Å². The molecule has 0 amide bonds. The topological polar surface area (TPSA) is 36.9 Å². The highest BCUT2D eigenvalue weighted by Crippen LogP contribution is 2.41. The van der Waals surface area contributed by atoms with Crippen LogP contribution in [0, 0.1) is 5.41 Å². The van der Waals surface area contributed by atoms with Crippen molar-refractivity contribution in [1.82, 2.24) is 0 Å². The van der Waals surface area contributed by atoms with Crippen molar-refractivity contribution in [2.24, 2.45) is 5.41 Å². The molecule has 0 heterocycles. The highest BCUT2D eigenvalue weighted by atomic mass is 79.9. The van der Waals surface area contributed by atoms with E-state index in [1.165, 1.54) is 0 Å². The minimum atomic E-state index is 0.139. The summed E-state index contributed by atoms with van der Waals surface area (Å²) in [5.74, 6) is 2.50. The van der Waals surface area contributed by atoms with Gasteiger partial charge in [-0.15, -0.1) is 0 Å². The van der Waals surface area contributed by atoms with Gasteiger partial charge in [0.05, 0.1) is 27.9 Å². The van der Waals surface area contributed by atoms with Crippen molar-refractivity contribution in [3.05, 3.63) is 12.1 Å². The van der Waals surface area contributed by atoms with Crippen LogP contribution in [0.2, 0.25) is 0 Å². The summed E-state index contributed by atoms with van der Waals surface area (Å²) < 4.78 is 22.0. The molecule has 5 heteroatoms. The first-order chi connectivity index (χ1) is 10.1. The smallest absolute Gasteiger partial charge is 0.203 e. The largest absolute Gasteiger partial charge is 0.493 e. The first-order valence-electron chi connectivity index (χ1n) is 7.08. The Kier molecular flexibility index (Phi) is 7.15. The van der Waals surface area contributed by atoms with Gasteiger partial charge in [-0.3, -0.25) is 0 Å². The predicted molar refractivity (Wildman–Crippen MR) is 88.4 cm³/mol. The Bertz CT molecular complexity index is 411. The monoisotopic (exact) mass is 360 g/mol. The molecule has 0 atom stereocenters. The van der Waals surface area contributed by atoms with Gasteiger partial charge in [-0.2, -0.15) is 0 Å². The fourth-order valence-electron chi connectivity index (χ4n) is 2.06. The standard InChI is InChI=1S/C16H25BrO4/c1-6-16(7-2,10-17)11-21-12-8-13(18-3)15(20-5)14(9-12)19-4/h8-9H,6-7,10-11H2,1-5H3. The first-order valence-corrected chi connectivity index (χ1v) is 8.20. The lowest BCUT2D eigenvalue weighted by Crippen LogP contribution is -2.29. The fourth-order valence-corrected chi connectivity index (χ4v) is 3.01. The zero-order chi connectivity index (χ0) is 15.9. The van der Waals surface area contributed by atoms with Crippen LogP contribution in [-0.2, 0) is 0 Å². The van der Waals surface area contributed by atoms with E-state index in [2.05, 4.69) is 29.8 Å². The molecule has 4 nitrogen and oxygen atoms in total. The lowest BCUT2D eigenvalue weighted by molar-refractivity contribution is 0.157. The number of hydrogen-bond donors (Lipinski definition) is 0. The van der Waals surface area contributed by atoms with E-state index < -0.39 is 0 Å². The Balaban J connectivity index is 2.99. The van der Waals surface area contributed by atoms with Crippen LogP contribution < -0.4 is 18.9 Å². The van der Waals surface area contributed by atoms with Crippen molar-refractivity contribution in [1.29, 1.82) is 0 Å². The van der Waals surface area contributed by atoms with Gasteiger partial charge in [0.25, 0.3) is 0 Å². The number of methoxy groups -OCH3 is 3. The number of rotatable bonds is 9. The molecule has 0 radical (unpaired) electrons. The molecule has 0 aliphatic heterocycles. The van der Waals surface area contributed by atoms with E-state index in [1.54, 1.807) is 21.3 Å². The molecule has 0 aliphatic carbocycles. The second-order valence-corrected chi connectivity index (χ2v) is 5.55. The lowest BCUT2D eigenvalue weighted by Gasteiger charge is -2.29. The summed E-state index contributed by atoms with van der Waals surface area (Å²) in [7, 11) is 4.79. The molecule has 0 unspecified atom stereocenters. The van der Waals surface area contributed by atoms with Crippen molar-refractivity contribution >= 4 is 15.9 Å². The second-order valence-electron chi connectivity index (χ2n) is 4.99. The Hall–Kier alpha value is -1.10. The zero-order valence-corrected chi connectivity index (χ0v) is 15.1. The van der Waals surface area contributed by atoms with Gasteiger partial charge in [0, 0.05) is 22.9 Å². The van der Waals surface area contributed by atoms with Gasteiger partial charge in [-0.25, -0.2) is 0 Å². The predicted octanol–water partition coefficient (Wildman–Crippen LogP) is 4.29. The van der Waals surface area contributed by atoms with E-state index >= 15 is 0 Å². The quantitative estimate of drug-likeness (QED) is 0.615. The summed E-state index contributed by atoms with van der Waals surface area (Å²) in [6.07, 6.45) is 2.11. The fraction of sp³-hybridized carbons (Fsp3) is 0.625. The summed E-state index contributed by atoms with van der Waals surface area (Å²) in [6, 6.07) is 3.65. The average molecular weight is 361 g/mol. The summed E-state index contributed by atoms with van der Waals surface area (Å²) in [5.41, 5.74) is 0.139. The second kappa shape index (κ2) is 8.37. The van der Waals surface area contributed by atoms with Crippen LogP contribution in [0.1, 0.15) is 26.7 Å². The maximum atomic E-state index is 5.98. The Morgan fingerprint density at radius 2 is 1.48 bits per heavy atom. The summed E-state index contributed by atoms with van der Waals surface area (Å²) in [5, 5.41) is 0.914. The van der Waals surface area contributed by atoms with E-state index in [1.807, 2.05) is 12.1 Å². The lowest BCUT2D eigenvalue weighted by atomic mass is 9.86. The molecular formula is C16H25BrO4. The molecular weight excluding hydrogens is 336 g/mol. The third kappa shape index (κ3) is 4.19. The third-order valence-corrected chi connectivity index (χ3v) is 5.16. The van der Waals surface area contributed by atoms with Crippen molar-refractivity contribution < 1.29 is 18.9 Å². The number of halogens is 1. The Labute approximate surface area is 135 Å². The molecule has 0 spiro atoms. The van der Waals surface area contributed by atoms with Gasteiger partial charge in [0.2, 0.25) is 5.75 Å². The highest BCUT2D eigenvalue weighted by molar-refractivity contribution is 9.09. The molecule has 0 fully saturated rings. The van der Waals surface area contributed by atoms with Crippen molar-refractivity contribution in [3.63, 3.8) is 0 Å². The molecule has 0 bridgehead atoms. The van der Waals surface area contributed by atoms with Gasteiger partial charge in [-0.05, 0) is 12.8 Å². The third-order valence-electron chi connectivity index (χ3n) is 3.97. The van der Waals surface area contributed by atoms with Gasteiger partial charge in [0.1, 0.15) is 5.75 Å². The average Bonchev–Trinajstić information content (AvgIpc) is 2.55. The Morgan fingerprint density at radius 1 is 0.952 bits per heavy atom. The minimum Gasteiger partial charge on any atom is -0.493 e. The SMILES string of the molecule is CCC(CC)(CBr)COc1cc(OC)c(OC)c(OC)c1. The van der Waals surface area contributed by atoms with Crippen LogP contribution in [-0.4, -0.2) is 33.3 Å². The van der Waals surface area contributed by atoms with Crippen LogP contribution in [0.5, 0.6) is 23.0 Å². The maximum Gasteiger partial charge on any atom is 0.203 e. The van der Waals surface area contributed by atoms with E-state index in [9.17, 15) is 0 Å². The maximum absolute atomic E-state index is 5.98. The molecule has 0 saturated carbocycles. The van der Waals surface area contributed by atoms with E-state index in [0.29, 0.717) is 23.9 Å². The van der Waals surface area contributed by atoms with Crippen LogP contribution >= 0.6 is 15.9 Å². The molecule has 120 valence electrons. The molecule has 1 aromatic carbocycles. The minimum absolute atomic E-state index is 0.139. The van der Waals surface area contributed by atoms with E-state index in [4.69, 9.17) is 18.9 Å². The van der Waals surface area contributed by atoms with Crippen LogP contribution in [0.3, 0.4) is 0 Å². The van der Waals surface area contributed by atoms with Crippen molar-refractivity contribution in [3.8, 4) is 23.0 Å².